The Morgan fingerprint density at radius 2 is 2.00 bits per heavy atom. The molecule has 0 unspecified atom stereocenters. The zero-order valence-electron chi connectivity index (χ0n) is 14.9. The van der Waals surface area contributed by atoms with E-state index in [9.17, 15) is 5.11 Å². The molecule has 0 aliphatic carbocycles. The Bertz CT molecular complexity index is 894. The van der Waals surface area contributed by atoms with Gasteiger partial charge in [0.2, 0.25) is 0 Å². The molecule has 0 bridgehead atoms. The number of nitrogens with one attached hydrogen (secondary N) is 1. The minimum atomic E-state index is -0.722. The summed E-state index contributed by atoms with van der Waals surface area (Å²) in [6, 6.07) is 11.6. The fourth-order valence-electron chi connectivity index (χ4n) is 3.56. The van der Waals surface area contributed by atoms with Gasteiger partial charge in [-0.1, -0.05) is 30.3 Å². The molecular formula is C20H23N3O3. The van der Waals surface area contributed by atoms with Gasteiger partial charge in [0.15, 0.2) is 5.65 Å². The van der Waals surface area contributed by atoms with E-state index in [1.165, 1.54) is 0 Å². The number of aryl methyl sites for hydroxylation is 1. The minimum Gasteiger partial charge on any atom is -0.388 e. The smallest absolute Gasteiger partial charge is 0.160 e. The van der Waals surface area contributed by atoms with Gasteiger partial charge in [-0.05, 0) is 18.6 Å². The standard InChI is InChI=1S/C20H23N3O3/c1-13-12-23-9-8-15-17(20(23)21-13)22-16(14-6-4-3-5-7-14)18(24)19(15)26-11-10-25-2/h3-9,12,16,18-19,22,24H,10-11H2,1-2H3/t16-,18-,19+/m1/s1. The van der Waals surface area contributed by atoms with Gasteiger partial charge in [0, 0.05) is 25.1 Å². The molecule has 6 heteroatoms. The van der Waals surface area contributed by atoms with Crippen LogP contribution in [0.5, 0.6) is 0 Å². The van der Waals surface area contributed by atoms with Crippen molar-refractivity contribution in [3.05, 3.63) is 65.6 Å². The molecule has 0 saturated heterocycles. The van der Waals surface area contributed by atoms with Gasteiger partial charge in [-0.2, -0.15) is 0 Å². The predicted molar refractivity (Wildman–Crippen MR) is 99.3 cm³/mol. The molecule has 2 N–H and O–H groups in total. The lowest BCUT2D eigenvalue weighted by atomic mass is 9.89. The van der Waals surface area contributed by atoms with Crippen LogP contribution in [0.25, 0.3) is 5.65 Å². The average molecular weight is 353 g/mol. The number of aromatic nitrogens is 2. The summed E-state index contributed by atoms with van der Waals surface area (Å²) >= 11 is 0. The summed E-state index contributed by atoms with van der Waals surface area (Å²) in [6.45, 7) is 2.86. The molecule has 26 heavy (non-hydrogen) atoms. The van der Waals surface area contributed by atoms with Crippen LogP contribution in [0.15, 0.2) is 48.8 Å². The van der Waals surface area contributed by atoms with E-state index in [4.69, 9.17) is 9.47 Å². The fourth-order valence-corrected chi connectivity index (χ4v) is 3.56. The largest absolute Gasteiger partial charge is 0.388 e. The van der Waals surface area contributed by atoms with Crippen molar-refractivity contribution in [2.24, 2.45) is 0 Å². The zero-order valence-corrected chi connectivity index (χ0v) is 14.9. The number of ether oxygens (including phenoxy) is 2. The number of hydrogen-bond acceptors (Lipinski definition) is 5. The number of hydrogen-bond donors (Lipinski definition) is 2. The predicted octanol–water partition coefficient (Wildman–Crippen LogP) is 2.87. The second-order valence-corrected chi connectivity index (χ2v) is 6.57. The van der Waals surface area contributed by atoms with Crippen molar-refractivity contribution >= 4 is 11.3 Å². The van der Waals surface area contributed by atoms with Gasteiger partial charge >= 0.3 is 0 Å². The van der Waals surface area contributed by atoms with Crippen LogP contribution in [0.1, 0.15) is 29.0 Å². The Hall–Kier alpha value is -2.41. The summed E-state index contributed by atoms with van der Waals surface area (Å²) in [5.74, 6) is 0. The molecule has 136 valence electrons. The normalized spacial score (nSPS) is 22.2. The first kappa shape index (κ1) is 17.0. The summed E-state index contributed by atoms with van der Waals surface area (Å²) in [4.78, 5) is 4.65. The fraction of sp³-hybridized carbons (Fsp3) is 0.350. The SMILES string of the molecule is COCCO[C@H]1c2ccn3cc(C)nc3c2N[C@H](c2ccccc2)[C@H]1O. The van der Waals surface area contributed by atoms with Crippen molar-refractivity contribution in [3.8, 4) is 0 Å². The van der Waals surface area contributed by atoms with Crippen LogP contribution in [0.3, 0.4) is 0 Å². The number of imidazole rings is 1. The zero-order chi connectivity index (χ0) is 18.1. The minimum absolute atomic E-state index is 0.278. The Morgan fingerprint density at radius 3 is 2.77 bits per heavy atom. The van der Waals surface area contributed by atoms with Crippen LogP contribution in [0.4, 0.5) is 5.69 Å². The molecule has 0 spiro atoms. The van der Waals surface area contributed by atoms with Crippen molar-refractivity contribution in [2.45, 2.75) is 25.2 Å². The van der Waals surface area contributed by atoms with Gasteiger partial charge in [0.1, 0.15) is 12.2 Å². The van der Waals surface area contributed by atoms with E-state index >= 15 is 0 Å². The van der Waals surface area contributed by atoms with Crippen LogP contribution < -0.4 is 5.32 Å². The molecule has 2 aromatic heterocycles. The number of pyridine rings is 1. The van der Waals surface area contributed by atoms with Crippen LogP contribution in [-0.4, -0.2) is 40.9 Å². The number of fused-ring (bicyclic) bond motifs is 3. The molecule has 0 radical (unpaired) electrons. The van der Waals surface area contributed by atoms with Gasteiger partial charge < -0.3 is 24.3 Å². The van der Waals surface area contributed by atoms with Crippen LogP contribution in [-0.2, 0) is 9.47 Å². The van der Waals surface area contributed by atoms with E-state index in [0.717, 1.165) is 28.2 Å². The maximum atomic E-state index is 11.1. The first-order valence-electron chi connectivity index (χ1n) is 8.77. The Kier molecular flexibility index (Phi) is 4.63. The second-order valence-electron chi connectivity index (χ2n) is 6.57. The summed E-state index contributed by atoms with van der Waals surface area (Å²) in [5.41, 5.74) is 4.62. The molecule has 1 aliphatic heterocycles. The van der Waals surface area contributed by atoms with Crippen molar-refractivity contribution in [1.82, 2.24) is 9.38 Å². The van der Waals surface area contributed by atoms with Gasteiger partial charge in [-0.15, -0.1) is 0 Å². The van der Waals surface area contributed by atoms with Gasteiger partial charge in [-0.25, -0.2) is 4.98 Å². The molecular weight excluding hydrogens is 330 g/mol. The highest BCUT2D eigenvalue weighted by Gasteiger charge is 2.38. The number of anilines is 1. The molecule has 3 heterocycles. The van der Waals surface area contributed by atoms with E-state index < -0.39 is 12.2 Å². The third-order valence-corrected chi connectivity index (χ3v) is 4.78. The lowest BCUT2D eigenvalue weighted by Gasteiger charge is -2.38. The Morgan fingerprint density at radius 1 is 1.19 bits per heavy atom. The third kappa shape index (κ3) is 2.96. The number of methoxy groups -OCH3 is 1. The molecule has 6 nitrogen and oxygen atoms in total. The highest BCUT2D eigenvalue weighted by molar-refractivity contribution is 5.74. The van der Waals surface area contributed by atoms with Gasteiger partial charge in [-0.3, -0.25) is 0 Å². The van der Waals surface area contributed by atoms with Crippen LogP contribution >= 0.6 is 0 Å². The van der Waals surface area contributed by atoms with Gasteiger partial charge in [0.05, 0.1) is 30.6 Å². The lowest BCUT2D eigenvalue weighted by molar-refractivity contribution is -0.0633. The maximum Gasteiger partial charge on any atom is 0.160 e. The summed E-state index contributed by atoms with van der Waals surface area (Å²) in [5, 5.41) is 14.5. The van der Waals surface area contributed by atoms with Crippen molar-refractivity contribution in [3.63, 3.8) is 0 Å². The van der Waals surface area contributed by atoms with E-state index in [-0.39, 0.29) is 6.04 Å². The number of benzene rings is 1. The van der Waals surface area contributed by atoms with Crippen molar-refractivity contribution in [1.29, 1.82) is 0 Å². The summed E-state index contributed by atoms with van der Waals surface area (Å²) in [7, 11) is 1.64. The van der Waals surface area contributed by atoms with E-state index in [1.54, 1.807) is 7.11 Å². The van der Waals surface area contributed by atoms with E-state index in [0.29, 0.717) is 13.2 Å². The highest BCUT2D eigenvalue weighted by atomic mass is 16.5. The van der Waals surface area contributed by atoms with Crippen LogP contribution in [0, 0.1) is 6.92 Å². The molecule has 1 aromatic carbocycles. The van der Waals surface area contributed by atoms with Crippen molar-refractivity contribution < 1.29 is 14.6 Å². The number of aliphatic hydroxyl groups is 1. The molecule has 0 saturated carbocycles. The Balaban J connectivity index is 1.80. The molecule has 3 aromatic rings. The molecule has 3 atom stereocenters. The van der Waals surface area contributed by atoms with E-state index in [1.807, 2.05) is 60.1 Å². The first-order valence-corrected chi connectivity index (χ1v) is 8.77. The quantitative estimate of drug-likeness (QED) is 0.691. The topological polar surface area (TPSA) is 68.0 Å². The number of nitrogens with zero attached hydrogens (tertiary/aromatic N) is 2. The number of aliphatic hydroxyl groups excluding tert-OH is 1. The maximum absolute atomic E-state index is 11.1. The molecule has 4 rings (SSSR count). The lowest BCUT2D eigenvalue weighted by Crippen LogP contribution is -2.38. The number of rotatable bonds is 5. The molecule has 0 fully saturated rings. The van der Waals surface area contributed by atoms with Crippen molar-refractivity contribution in [2.75, 3.05) is 25.6 Å². The first-order chi connectivity index (χ1) is 12.7. The molecule has 1 aliphatic rings. The Labute approximate surface area is 152 Å². The van der Waals surface area contributed by atoms with Crippen LogP contribution in [0.2, 0.25) is 0 Å². The average Bonchev–Trinajstić information content (AvgIpc) is 3.04. The summed E-state index contributed by atoms with van der Waals surface area (Å²) < 4.78 is 13.1. The summed E-state index contributed by atoms with van der Waals surface area (Å²) in [6.07, 6.45) is 2.77. The van der Waals surface area contributed by atoms with Gasteiger partial charge in [0.25, 0.3) is 0 Å². The van der Waals surface area contributed by atoms with E-state index in [2.05, 4.69) is 10.3 Å². The highest BCUT2D eigenvalue weighted by Crippen LogP contribution is 2.42. The monoisotopic (exact) mass is 353 g/mol. The molecule has 0 amide bonds. The third-order valence-electron chi connectivity index (χ3n) is 4.78. The second kappa shape index (κ2) is 7.07.